The first-order valence-electron chi connectivity index (χ1n) is 16.4. The minimum Gasteiger partial charge on any atom is -0.489 e. The molecule has 0 atom stereocenters. The zero-order chi connectivity index (χ0) is 32.2. The number of pyridine rings is 2. The SMILES string of the molecule is Cc1cc(N2CCCC2)c2cc(C)c(CO)cc2n1.Cc1cc(N2CCCC2)c2cc(C)c(COc3ccc(C#N)cc3)cc2n1. The first-order valence-corrected chi connectivity index (χ1v) is 16.4. The van der Waals surface area contributed by atoms with Crippen LogP contribution in [0, 0.1) is 39.0 Å². The van der Waals surface area contributed by atoms with E-state index in [2.05, 4.69) is 72.0 Å². The van der Waals surface area contributed by atoms with Gasteiger partial charge in [-0.05, 0) is 136 Å². The molecular formula is C39H43N5O2. The molecule has 4 heterocycles. The first-order chi connectivity index (χ1) is 22.3. The molecule has 7 heteroatoms. The average molecular weight is 614 g/mol. The summed E-state index contributed by atoms with van der Waals surface area (Å²) in [4.78, 5) is 14.3. The van der Waals surface area contributed by atoms with Crippen LogP contribution in [0.25, 0.3) is 21.8 Å². The third-order valence-electron chi connectivity index (χ3n) is 9.19. The molecule has 0 spiro atoms. The summed E-state index contributed by atoms with van der Waals surface area (Å²) < 4.78 is 5.93. The Balaban J connectivity index is 0.000000172. The molecule has 0 amide bonds. The van der Waals surface area contributed by atoms with Gasteiger partial charge in [-0.2, -0.15) is 5.26 Å². The monoisotopic (exact) mass is 613 g/mol. The van der Waals surface area contributed by atoms with Gasteiger partial charge in [0.25, 0.3) is 0 Å². The lowest BCUT2D eigenvalue weighted by Gasteiger charge is -2.21. The Morgan fingerprint density at radius 1 is 0.696 bits per heavy atom. The van der Waals surface area contributed by atoms with Gasteiger partial charge in [0.2, 0.25) is 0 Å². The van der Waals surface area contributed by atoms with E-state index in [1.807, 2.05) is 25.1 Å². The largest absolute Gasteiger partial charge is 0.489 e. The van der Waals surface area contributed by atoms with Crippen LogP contribution in [0.4, 0.5) is 11.4 Å². The first kappa shape index (κ1) is 31.3. The van der Waals surface area contributed by atoms with E-state index in [1.54, 1.807) is 12.1 Å². The van der Waals surface area contributed by atoms with E-state index in [-0.39, 0.29) is 6.61 Å². The zero-order valence-corrected chi connectivity index (χ0v) is 27.4. The molecule has 2 aliphatic heterocycles. The summed E-state index contributed by atoms with van der Waals surface area (Å²) in [5.41, 5.74) is 11.8. The molecule has 0 radical (unpaired) electrons. The maximum absolute atomic E-state index is 9.39. The number of nitrogens with zero attached hydrogens (tertiary/aromatic N) is 5. The second kappa shape index (κ2) is 13.8. The topological polar surface area (TPSA) is 85.5 Å². The van der Waals surface area contributed by atoms with Crippen LogP contribution < -0.4 is 14.5 Å². The van der Waals surface area contributed by atoms with Gasteiger partial charge in [-0.25, -0.2) is 0 Å². The van der Waals surface area contributed by atoms with E-state index in [1.165, 1.54) is 53.4 Å². The average Bonchev–Trinajstić information content (AvgIpc) is 3.79. The normalized spacial score (nSPS) is 14.4. The third kappa shape index (κ3) is 6.78. The molecule has 2 fully saturated rings. The Bertz CT molecular complexity index is 1900. The number of anilines is 2. The highest BCUT2D eigenvalue weighted by atomic mass is 16.5. The van der Waals surface area contributed by atoms with Gasteiger partial charge in [0.1, 0.15) is 12.4 Å². The van der Waals surface area contributed by atoms with Gasteiger partial charge in [-0.15, -0.1) is 0 Å². The van der Waals surface area contributed by atoms with Gasteiger partial charge >= 0.3 is 0 Å². The number of ether oxygens (including phenoxy) is 1. The number of fused-ring (bicyclic) bond motifs is 2. The van der Waals surface area contributed by atoms with Crippen molar-refractivity contribution in [1.82, 2.24) is 9.97 Å². The van der Waals surface area contributed by atoms with Crippen LogP contribution in [-0.4, -0.2) is 41.3 Å². The molecule has 5 aromatic rings. The Morgan fingerprint density at radius 3 is 1.65 bits per heavy atom. The molecule has 0 aliphatic carbocycles. The molecule has 2 saturated heterocycles. The van der Waals surface area contributed by atoms with Crippen molar-refractivity contribution >= 4 is 33.2 Å². The quantitative estimate of drug-likeness (QED) is 0.209. The van der Waals surface area contributed by atoms with Crippen LogP contribution in [0.3, 0.4) is 0 Å². The van der Waals surface area contributed by atoms with Crippen molar-refractivity contribution in [2.24, 2.45) is 0 Å². The summed E-state index contributed by atoms with van der Waals surface area (Å²) in [6.45, 7) is 13.4. The lowest BCUT2D eigenvalue weighted by Crippen LogP contribution is -2.18. The van der Waals surface area contributed by atoms with Crippen molar-refractivity contribution in [3.63, 3.8) is 0 Å². The lowest BCUT2D eigenvalue weighted by molar-refractivity contribution is 0.281. The molecule has 2 aromatic heterocycles. The number of rotatable bonds is 6. The highest BCUT2D eigenvalue weighted by Gasteiger charge is 2.18. The van der Waals surface area contributed by atoms with E-state index >= 15 is 0 Å². The smallest absolute Gasteiger partial charge is 0.119 e. The second-order valence-corrected chi connectivity index (χ2v) is 12.6. The van der Waals surface area contributed by atoms with Crippen LogP contribution in [0.15, 0.2) is 60.7 Å². The molecule has 236 valence electrons. The number of hydrogen-bond acceptors (Lipinski definition) is 7. The number of benzene rings is 3. The highest BCUT2D eigenvalue weighted by molar-refractivity contribution is 5.94. The summed E-state index contributed by atoms with van der Waals surface area (Å²) in [5.74, 6) is 0.767. The summed E-state index contributed by atoms with van der Waals surface area (Å²) in [7, 11) is 0. The van der Waals surface area contributed by atoms with Crippen molar-refractivity contribution in [2.75, 3.05) is 36.0 Å². The zero-order valence-electron chi connectivity index (χ0n) is 27.4. The molecular weight excluding hydrogens is 570 g/mol. The van der Waals surface area contributed by atoms with Crippen molar-refractivity contribution in [1.29, 1.82) is 5.26 Å². The van der Waals surface area contributed by atoms with Crippen molar-refractivity contribution in [2.45, 2.75) is 66.6 Å². The van der Waals surface area contributed by atoms with Crippen LogP contribution in [0.2, 0.25) is 0 Å². The molecule has 46 heavy (non-hydrogen) atoms. The summed E-state index contributed by atoms with van der Waals surface area (Å²) in [6, 6.07) is 22.3. The van der Waals surface area contributed by atoms with Gasteiger partial charge in [-0.3, -0.25) is 9.97 Å². The maximum Gasteiger partial charge on any atom is 0.119 e. The van der Waals surface area contributed by atoms with Crippen LogP contribution >= 0.6 is 0 Å². The van der Waals surface area contributed by atoms with E-state index in [9.17, 15) is 5.11 Å². The lowest BCUT2D eigenvalue weighted by atomic mass is 10.0. The van der Waals surface area contributed by atoms with E-state index in [4.69, 9.17) is 15.0 Å². The minimum atomic E-state index is 0.0798. The van der Waals surface area contributed by atoms with E-state index < -0.39 is 0 Å². The number of nitriles is 1. The van der Waals surface area contributed by atoms with Crippen LogP contribution in [-0.2, 0) is 13.2 Å². The molecule has 1 N–H and O–H groups in total. The number of aromatic nitrogens is 2. The standard InChI is InChI=1S/C23H23N3O.C16H20N2O/c1-16-11-21-22(25-17(2)12-23(21)26-9-3-4-10-26)13-19(16)15-27-20-7-5-18(14-24)6-8-20;1-11-7-14-15(9-13(11)10-19)17-12(2)8-16(14)18-5-3-4-6-18/h5-8,11-13H,3-4,9-10,15H2,1-2H3;7-9,19H,3-6,10H2,1-2H3. The van der Waals surface area contributed by atoms with Crippen molar-refractivity contribution in [3.05, 3.63) is 99.9 Å². The van der Waals surface area contributed by atoms with Crippen molar-refractivity contribution in [3.8, 4) is 11.8 Å². The minimum absolute atomic E-state index is 0.0798. The van der Waals surface area contributed by atoms with Gasteiger partial charge < -0.3 is 19.6 Å². The number of aryl methyl sites for hydroxylation is 4. The van der Waals surface area contributed by atoms with Gasteiger partial charge in [-0.1, -0.05) is 0 Å². The molecule has 7 nitrogen and oxygen atoms in total. The number of hydrogen-bond donors (Lipinski definition) is 1. The van der Waals surface area contributed by atoms with Gasteiger partial charge in [0.15, 0.2) is 0 Å². The van der Waals surface area contributed by atoms with E-state index in [0.717, 1.165) is 71.0 Å². The van der Waals surface area contributed by atoms with Gasteiger partial charge in [0.05, 0.1) is 29.3 Å². The molecule has 2 aliphatic rings. The van der Waals surface area contributed by atoms with E-state index in [0.29, 0.717) is 12.2 Å². The molecule has 0 unspecified atom stereocenters. The van der Waals surface area contributed by atoms with Crippen LogP contribution in [0.1, 0.15) is 64.9 Å². The fourth-order valence-corrected chi connectivity index (χ4v) is 6.62. The summed E-state index contributed by atoms with van der Waals surface area (Å²) in [5, 5.41) is 20.7. The summed E-state index contributed by atoms with van der Waals surface area (Å²) >= 11 is 0. The Morgan fingerprint density at radius 2 is 1.17 bits per heavy atom. The predicted octanol–water partition coefficient (Wildman–Crippen LogP) is 7.85. The Labute approximate surface area is 272 Å². The number of aliphatic hydroxyl groups excluding tert-OH is 1. The third-order valence-corrected chi connectivity index (χ3v) is 9.19. The molecule has 0 saturated carbocycles. The predicted molar refractivity (Wildman–Crippen MR) is 187 cm³/mol. The fourth-order valence-electron chi connectivity index (χ4n) is 6.62. The molecule has 0 bridgehead atoms. The highest BCUT2D eigenvalue weighted by Crippen LogP contribution is 2.33. The van der Waals surface area contributed by atoms with Crippen molar-refractivity contribution < 1.29 is 9.84 Å². The second-order valence-electron chi connectivity index (χ2n) is 12.6. The molecule has 7 rings (SSSR count). The number of aliphatic hydroxyl groups is 1. The maximum atomic E-state index is 9.39. The Hall–Kier alpha value is -4.67. The van der Waals surface area contributed by atoms with Crippen LogP contribution in [0.5, 0.6) is 5.75 Å². The Kier molecular flexibility index (Phi) is 9.37. The molecule has 3 aromatic carbocycles. The van der Waals surface area contributed by atoms with Gasteiger partial charge in [0, 0.05) is 59.7 Å². The summed E-state index contributed by atoms with van der Waals surface area (Å²) in [6.07, 6.45) is 5.07. The fraction of sp³-hybridized carbons (Fsp3) is 0.359.